The molecule has 9 heavy (non-hydrogen) atoms. The summed E-state index contributed by atoms with van der Waals surface area (Å²) in [5.74, 6) is 0. The molecule has 0 N–H and O–H groups in total. The molecular formula is C7H18Si2. The molecule has 0 aromatic carbocycles. The van der Waals surface area contributed by atoms with Crippen LogP contribution >= 0.6 is 0 Å². The third kappa shape index (κ3) is 1.93. The normalized spacial score (nSPS) is 39.3. The van der Waals surface area contributed by atoms with E-state index in [1.54, 1.807) is 12.8 Å². The standard InChI is InChI=1S/C7H18Si2/c1-3-5-7-8-6(4-2)9-7/h6-7H,3-5,8-9H2,1-2H3. The van der Waals surface area contributed by atoms with Crippen molar-refractivity contribution in [2.24, 2.45) is 0 Å². The maximum absolute atomic E-state index is 2.38. The molecule has 0 aromatic rings. The second kappa shape index (κ2) is 3.57. The minimum absolute atomic E-state index is 0.484. The van der Waals surface area contributed by atoms with Gasteiger partial charge in [-0.05, 0) is 0 Å². The lowest BCUT2D eigenvalue weighted by atomic mass is 10.4. The highest BCUT2D eigenvalue weighted by molar-refractivity contribution is 6.79. The fourth-order valence-corrected chi connectivity index (χ4v) is 9.38. The molecule has 2 heteroatoms. The zero-order valence-corrected chi connectivity index (χ0v) is 9.52. The molecule has 1 aliphatic heterocycles. The van der Waals surface area contributed by atoms with Gasteiger partial charge in [0.15, 0.2) is 0 Å². The molecule has 1 aliphatic rings. The topological polar surface area (TPSA) is 0 Å². The quantitative estimate of drug-likeness (QED) is 0.539. The van der Waals surface area contributed by atoms with Crippen LogP contribution in [-0.2, 0) is 0 Å². The van der Waals surface area contributed by atoms with E-state index in [1.807, 2.05) is 0 Å². The summed E-state index contributed by atoms with van der Waals surface area (Å²) < 4.78 is 0. The SMILES string of the molecule is CCCC1[SiH2]C(CC)[SiH2]1. The summed E-state index contributed by atoms with van der Waals surface area (Å²) in [7, 11) is 0.967. The monoisotopic (exact) mass is 158 g/mol. The molecule has 1 rings (SSSR count). The molecule has 0 aromatic heterocycles. The van der Waals surface area contributed by atoms with Gasteiger partial charge in [-0.2, -0.15) is 0 Å². The van der Waals surface area contributed by atoms with Crippen LogP contribution in [0.25, 0.3) is 0 Å². The van der Waals surface area contributed by atoms with E-state index in [0.717, 1.165) is 0 Å². The van der Waals surface area contributed by atoms with Crippen molar-refractivity contribution in [1.82, 2.24) is 0 Å². The molecule has 0 saturated carbocycles. The Morgan fingerprint density at radius 2 is 1.78 bits per heavy atom. The van der Waals surface area contributed by atoms with Gasteiger partial charge in [0.2, 0.25) is 0 Å². The van der Waals surface area contributed by atoms with Crippen molar-refractivity contribution in [3.8, 4) is 0 Å². The van der Waals surface area contributed by atoms with Crippen molar-refractivity contribution in [1.29, 1.82) is 0 Å². The predicted octanol–water partition coefficient (Wildman–Crippen LogP) is 1.04. The van der Waals surface area contributed by atoms with E-state index >= 15 is 0 Å². The third-order valence-corrected chi connectivity index (χ3v) is 11.2. The minimum Gasteiger partial charge on any atom is -0.0657 e. The van der Waals surface area contributed by atoms with Gasteiger partial charge in [0.25, 0.3) is 0 Å². The average molecular weight is 158 g/mol. The Morgan fingerprint density at radius 3 is 2.22 bits per heavy atom. The first-order valence-electron chi connectivity index (χ1n) is 4.36. The van der Waals surface area contributed by atoms with Crippen molar-refractivity contribution >= 4 is 19.0 Å². The van der Waals surface area contributed by atoms with Crippen LogP contribution in [0, 0.1) is 0 Å². The van der Waals surface area contributed by atoms with Crippen LogP contribution in [0.2, 0.25) is 10.3 Å². The fraction of sp³-hybridized carbons (Fsp3) is 1.00. The van der Waals surface area contributed by atoms with Crippen molar-refractivity contribution < 1.29 is 0 Å². The second-order valence-corrected chi connectivity index (χ2v) is 11.3. The molecule has 0 spiro atoms. The Kier molecular flexibility index (Phi) is 2.99. The van der Waals surface area contributed by atoms with Gasteiger partial charge in [0.1, 0.15) is 0 Å². The van der Waals surface area contributed by atoms with Gasteiger partial charge in [-0.15, -0.1) is 0 Å². The lowest BCUT2D eigenvalue weighted by molar-refractivity contribution is 0.796. The molecule has 0 aliphatic carbocycles. The van der Waals surface area contributed by atoms with E-state index in [-0.39, 0.29) is 0 Å². The lowest BCUT2D eigenvalue weighted by Gasteiger charge is -2.33. The van der Waals surface area contributed by atoms with Crippen LogP contribution in [0.3, 0.4) is 0 Å². The van der Waals surface area contributed by atoms with Gasteiger partial charge < -0.3 is 0 Å². The summed E-state index contributed by atoms with van der Waals surface area (Å²) in [4.78, 5) is 0. The van der Waals surface area contributed by atoms with Gasteiger partial charge in [-0.3, -0.25) is 0 Å². The number of rotatable bonds is 3. The van der Waals surface area contributed by atoms with Crippen LogP contribution in [0.15, 0.2) is 0 Å². The molecule has 1 heterocycles. The van der Waals surface area contributed by atoms with Crippen LogP contribution in [0.1, 0.15) is 33.1 Å². The lowest BCUT2D eigenvalue weighted by Crippen LogP contribution is -2.33. The van der Waals surface area contributed by atoms with E-state index in [2.05, 4.69) is 13.8 Å². The summed E-state index contributed by atoms with van der Waals surface area (Å²) in [6.07, 6.45) is 4.61. The zero-order chi connectivity index (χ0) is 6.69. The Bertz CT molecular complexity index is 77.0. The van der Waals surface area contributed by atoms with Crippen LogP contribution in [0.4, 0.5) is 0 Å². The van der Waals surface area contributed by atoms with Crippen LogP contribution in [-0.4, -0.2) is 19.0 Å². The van der Waals surface area contributed by atoms with E-state index in [9.17, 15) is 0 Å². The molecule has 0 unspecified atom stereocenters. The Morgan fingerprint density at radius 1 is 1.11 bits per heavy atom. The van der Waals surface area contributed by atoms with Gasteiger partial charge in [-0.25, -0.2) is 0 Å². The average Bonchev–Trinajstić information content (AvgIpc) is 1.77. The summed E-state index contributed by atoms with van der Waals surface area (Å²) in [6, 6.07) is 0. The number of hydrogen-bond acceptors (Lipinski definition) is 0. The molecule has 1 fully saturated rings. The molecule has 0 atom stereocenters. The van der Waals surface area contributed by atoms with E-state index in [0.29, 0.717) is 19.0 Å². The van der Waals surface area contributed by atoms with Crippen molar-refractivity contribution in [2.75, 3.05) is 0 Å². The van der Waals surface area contributed by atoms with Crippen LogP contribution < -0.4 is 0 Å². The molecule has 1 saturated heterocycles. The second-order valence-electron chi connectivity index (χ2n) is 3.40. The molecule has 0 radical (unpaired) electrons. The maximum Gasteiger partial charge on any atom is 0.0197 e. The predicted molar refractivity (Wildman–Crippen MR) is 49.8 cm³/mol. The van der Waals surface area contributed by atoms with Crippen molar-refractivity contribution in [2.45, 2.75) is 43.4 Å². The molecule has 0 nitrogen and oxygen atoms in total. The summed E-state index contributed by atoms with van der Waals surface area (Å²) in [5, 5.41) is 2.77. The molecule has 0 bridgehead atoms. The molecule has 0 amide bonds. The Hall–Kier alpha value is 0.434. The van der Waals surface area contributed by atoms with Crippen molar-refractivity contribution in [3.63, 3.8) is 0 Å². The van der Waals surface area contributed by atoms with E-state index in [1.165, 1.54) is 16.7 Å². The van der Waals surface area contributed by atoms with Gasteiger partial charge in [0.05, 0.1) is 0 Å². The number of hydrogen-bond donors (Lipinski definition) is 0. The van der Waals surface area contributed by atoms with Gasteiger partial charge in [0, 0.05) is 19.0 Å². The maximum atomic E-state index is 2.38. The molecular weight excluding hydrogens is 140 g/mol. The zero-order valence-electron chi connectivity index (χ0n) is 6.69. The highest BCUT2D eigenvalue weighted by Gasteiger charge is 2.27. The van der Waals surface area contributed by atoms with Crippen molar-refractivity contribution in [3.05, 3.63) is 0 Å². The summed E-state index contributed by atoms with van der Waals surface area (Å²) in [6.45, 7) is 4.72. The van der Waals surface area contributed by atoms with Gasteiger partial charge >= 0.3 is 0 Å². The van der Waals surface area contributed by atoms with E-state index in [4.69, 9.17) is 0 Å². The highest BCUT2D eigenvalue weighted by Crippen LogP contribution is 2.32. The molecule has 54 valence electrons. The first kappa shape index (κ1) is 7.54. The largest absolute Gasteiger partial charge is 0.0657 e. The third-order valence-electron chi connectivity index (χ3n) is 2.61. The fourth-order valence-electron chi connectivity index (χ4n) is 1.85. The Labute approximate surface area is 63.1 Å². The summed E-state index contributed by atoms with van der Waals surface area (Å²) in [5.41, 5.74) is 0. The van der Waals surface area contributed by atoms with E-state index < -0.39 is 0 Å². The van der Waals surface area contributed by atoms with Crippen LogP contribution in [0.5, 0.6) is 0 Å². The Balaban J connectivity index is 1.98. The minimum atomic E-state index is 0.484. The van der Waals surface area contributed by atoms with Gasteiger partial charge in [-0.1, -0.05) is 43.4 Å². The first-order valence-corrected chi connectivity index (χ1v) is 7.63. The smallest absolute Gasteiger partial charge is 0.0197 e. The summed E-state index contributed by atoms with van der Waals surface area (Å²) >= 11 is 0. The highest BCUT2D eigenvalue weighted by atomic mass is 28.3. The first-order chi connectivity index (χ1) is 4.36.